The average Bonchev–Trinajstić information content (AvgIpc) is 3.01. The van der Waals surface area contributed by atoms with Gasteiger partial charge in [0, 0.05) is 104 Å². The van der Waals surface area contributed by atoms with Gasteiger partial charge in [0.2, 0.25) is 0 Å². The zero-order valence-electron chi connectivity index (χ0n) is 26.8. The van der Waals surface area contributed by atoms with E-state index in [0.717, 1.165) is 11.4 Å². The summed E-state index contributed by atoms with van der Waals surface area (Å²) in [5.41, 5.74) is 1.89. The minimum atomic E-state index is -1.22. The number of carboxylic acid groups (broad SMARTS) is 3. The van der Waals surface area contributed by atoms with E-state index >= 15 is 0 Å². The Labute approximate surface area is 308 Å². The Morgan fingerprint density at radius 1 is 0.681 bits per heavy atom. The molecule has 47 heavy (non-hydrogen) atoms. The summed E-state index contributed by atoms with van der Waals surface area (Å²) in [4.78, 5) is 65.6. The maximum atomic E-state index is 13.0. The molecular weight excluding hydrogens is 752 g/mol. The number of nitrogens with zero attached hydrogens (tertiary/aromatic N) is 7. The summed E-state index contributed by atoms with van der Waals surface area (Å²) < 4.78 is 0. The number of hydrogen-bond acceptors (Lipinski definition) is 12. The summed E-state index contributed by atoms with van der Waals surface area (Å²) in [6.45, 7) is 4.83. The van der Waals surface area contributed by atoms with E-state index in [4.69, 9.17) is 0 Å². The molecular formula is C32H46GdN7O7+2. The summed E-state index contributed by atoms with van der Waals surface area (Å²) in [5, 5.41) is 30.1. The van der Waals surface area contributed by atoms with Gasteiger partial charge in [0.1, 0.15) is 5.78 Å². The standard InChI is InChI=1S/C32H47N7O7.Gd/c40-29(8-5-12-39(22-27-6-1-3-10-33-27)23-28-7-2-4-11-34-28)9-13-35-14-16-36(24-30(41)42)18-20-38(26-32(45)46)21-19-37(17-15-35)25-31(43)44;/h1-4,6-7,10-11H,5,8-9,12-26H2,(H,41,42)(H,43,44)(H,45,46);/q;+3/p-1. The van der Waals surface area contributed by atoms with Gasteiger partial charge in [-0.15, -0.1) is 0 Å². The molecule has 1 saturated heterocycles. The molecule has 257 valence electrons. The third kappa shape index (κ3) is 18.0. The summed E-state index contributed by atoms with van der Waals surface area (Å²) in [5.74, 6) is -3.07. The summed E-state index contributed by atoms with van der Waals surface area (Å²) in [6, 6.07) is 11.6. The number of aliphatic carboxylic acids is 3. The number of carbonyl (C=O) groups is 4. The van der Waals surface area contributed by atoms with E-state index in [1.807, 2.05) is 36.4 Å². The van der Waals surface area contributed by atoms with Crippen molar-refractivity contribution in [2.45, 2.75) is 32.4 Å². The fourth-order valence-corrected chi connectivity index (χ4v) is 5.40. The number of hydrogen-bond donors (Lipinski definition) is 2. The molecule has 1 aliphatic rings. The van der Waals surface area contributed by atoms with Gasteiger partial charge in [-0.2, -0.15) is 0 Å². The number of aromatic nitrogens is 2. The first-order valence-corrected chi connectivity index (χ1v) is 15.7. The molecule has 1 aliphatic heterocycles. The molecule has 0 amide bonds. The second-order valence-corrected chi connectivity index (χ2v) is 11.6. The zero-order valence-corrected chi connectivity index (χ0v) is 29.0. The van der Waals surface area contributed by atoms with Gasteiger partial charge in [-0.25, -0.2) is 0 Å². The Balaban J connectivity index is 0.00000768. The van der Waals surface area contributed by atoms with Gasteiger partial charge < -0.3 is 25.0 Å². The van der Waals surface area contributed by atoms with Gasteiger partial charge in [-0.05, 0) is 37.2 Å². The third-order valence-electron chi connectivity index (χ3n) is 7.86. The Bertz CT molecular complexity index is 1160. The predicted octanol–water partition coefficient (Wildman–Crippen LogP) is -0.641. The molecule has 0 spiro atoms. The van der Waals surface area contributed by atoms with Gasteiger partial charge in [0.15, 0.2) is 0 Å². The van der Waals surface area contributed by atoms with Crippen LogP contribution in [0.15, 0.2) is 48.8 Å². The normalized spacial score (nSPS) is 16.1. The molecule has 2 N–H and O–H groups in total. The van der Waals surface area contributed by atoms with Crippen LogP contribution in [-0.2, 0) is 32.3 Å². The Morgan fingerprint density at radius 2 is 1.13 bits per heavy atom. The van der Waals surface area contributed by atoms with Crippen LogP contribution in [0.2, 0.25) is 0 Å². The van der Waals surface area contributed by atoms with Crippen LogP contribution < -0.4 is 5.11 Å². The topological polar surface area (TPSA) is 174 Å². The van der Waals surface area contributed by atoms with Crippen molar-refractivity contribution in [3.8, 4) is 0 Å². The van der Waals surface area contributed by atoms with E-state index in [0.29, 0.717) is 97.8 Å². The number of carboxylic acids is 3. The fraction of sp³-hybridized carbons (Fsp3) is 0.562. The summed E-state index contributed by atoms with van der Waals surface area (Å²) in [7, 11) is 0. The van der Waals surface area contributed by atoms with Crippen LogP contribution in [-0.4, -0.2) is 153 Å². The first-order valence-electron chi connectivity index (χ1n) is 15.7. The predicted molar refractivity (Wildman–Crippen MR) is 167 cm³/mol. The van der Waals surface area contributed by atoms with Crippen LogP contribution in [0.1, 0.15) is 30.7 Å². The minimum absolute atomic E-state index is 0. The maximum absolute atomic E-state index is 13.0. The molecule has 14 nitrogen and oxygen atoms in total. The van der Waals surface area contributed by atoms with Gasteiger partial charge in [-0.1, -0.05) is 12.1 Å². The second kappa shape index (κ2) is 23.0. The molecule has 0 aromatic carbocycles. The largest absolute Gasteiger partial charge is 3.00 e. The molecule has 0 saturated carbocycles. The molecule has 0 aliphatic carbocycles. The molecule has 2 aromatic rings. The van der Waals surface area contributed by atoms with Crippen molar-refractivity contribution in [3.05, 3.63) is 60.2 Å². The Hall–Kier alpha value is -2.50. The average molecular weight is 798 g/mol. The van der Waals surface area contributed by atoms with Gasteiger partial charge >= 0.3 is 51.9 Å². The molecule has 15 heteroatoms. The van der Waals surface area contributed by atoms with Crippen molar-refractivity contribution in [2.24, 2.45) is 0 Å². The smallest absolute Gasteiger partial charge is 0.549 e. The quantitative estimate of drug-likeness (QED) is 0.207. The van der Waals surface area contributed by atoms with E-state index < -0.39 is 17.9 Å². The van der Waals surface area contributed by atoms with E-state index in [1.54, 1.807) is 27.1 Å². The third-order valence-corrected chi connectivity index (χ3v) is 7.86. The Kier molecular flexibility index (Phi) is 19.9. The van der Waals surface area contributed by atoms with E-state index in [-0.39, 0.29) is 65.4 Å². The van der Waals surface area contributed by atoms with Crippen molar-refractivity contribution >= 4 is 23.7 Å². The van der Waals surface area contributed by atoms with Crippen molar-refractivity contribution < 1.29 is 74.4 Å². The summed E-state index contributed by atoms with van der Waals surface area (Å²) >= 11 is 0. The molecule has 1 fully saturated rings. The molecule has 0 bridgehead atoms. The van der Waals surface area contributed by atoms with Gasteiger partial charge in [-0.3, -0.25) is 44.0 Å². The van der Waals surface area contributed by atoms with E-state index in [2.05, 4.69) is 19.8 Å². The summed E-state index contributed by atoms with van der Waals surface area (Å²) in [6.07, 6.45) is 4.95. The van der Waals surface area contributed by atoms with Gasteiger partial charge in [0.25, 0.3) is 0 Å². The van der Waals surface area contributed by atoms with Crippen LogP contribution in [0.3, 0.4) is 0 Å². The molecule has 0 unspecified atom stereocenters. The maximum Gasteiger partial charge on any atom is 3.00 e. The SMILES string of the molecule is O=C([O-])CN1CCN(CCC(=O)CCCN(Cc2ccccn2)Cc2ccccn2)CCN(CC(=O)O)CCN(CC(=O)O)CC1.[Gd+3]. The minimum Gasteiger partial charge on any atom is -0.549 e. The number of ketones is 1. The fourth-order valence-electron chi connectivity index (χ4n) is 5.40. The number of carbonyl (C=O) groups excluding carboxylic acids is 2. The molecule has 3 rings (SSSR count). The van der Waals surface area contributed by atoms with Crippen molar-refractivity contribution in [2.75, 3.05) is 85.1 Å². The van der Waals surface area contributed by atoms with Crippen LogP contribution in [0.25, 0.3) is 0 Å². The number of rotatable bonds is 17. The molecule has 0 atom stereocenters. The first kappa shape index (κ1) is 40.7. The van der Waals surface area contributed by atoms with E-state index in [9.17, 15) is 34.5 Å². The van der Waals surface area contributed by atoms with E-state index in [1.165, 1.54) is 0 Å². The van der Waals surface area contributed by atoms with Crippen LogP contribution >= 0.6 is 0 Å². The molecule has 3 heterocycles. The van der Waals surface area contributed by atoms with Crippen molar-refractivity contribution in [1.29, 1.82) is 0 Å². The second-order valence-electron chi connectivity index (χ2n) is 11.6. The van der Waals surface area contributed by atoms with Crippen molar-refractivity contribution in [1.82, 2.24) is 34.5 Å². The molecule has 2 aromatic heterocycles. The molecule has 1 radical (unpaired) electrons. The number of Topliss-reactive ketones (excluding diaryl/α,β-unsaturated/α-hetero) is 1. The zero-order chi connectivity index (χ0) is 33.1. The van der Waals surface area contributed by atoms with Crippen LogP contribution in [0.5, 0.6) is 0 Å². The van der Waals surface area contributed by atoms with Crippen molar-refractivity contribution in [3.63, 3.8) is 0 Å². The van der Waals surface area contributed by atoms with Crippen LogP contribution in [0.4, 0.5) is 0 Å². The first-order chi connectivity index (χ1) is 22.2. The van der Waals surface area contributed by atoms with Crippen LogP contribution in [0, 0.1) is 39.9 Å². The van der Waals surface area contributed by atoms with Gasteiger partial charge in [0.05, 0.1) is 30.4 Å². The Morgan fingerprint density at radius 3 is 1.53 bits per heavy atom. The number of pyridine rings is 2. The monoisotopic (exact) mass is 798 g/mol.